The predicted octanol–water partition coefficient (Wildman–Crippen LogP) is -1.31. The van der Waals surface area contributed by atoms with Crippen molar-refractivity contribution in [1.82, 2.24) is 10.2 Å². The Kier molecular flexibility index (Phi) is 3.88. The number of hydrogen-bond acceptors (Lipinski definition) is 5. The second kappa shape index (κ2) is 5.28. The van der Waals surface area contributed by atoms with Crippen molar-refractivity contribution in [2.24, 2.45) is 5.92 Å². The molecule has 1 atom stereocenters. The van der Waals surface area contributed by atoms with Crippen molar-refractivity contribution in [1.29, 1.82) is 0 Å². The molecule has 0 unspecified atom stereocenters. The smallest absolute Gasteiger partial charge is 0.240 e. The Labute approximate surface area is 111 Å². The first-order valence-electron chi connectivity index (χ1n) is 6.18. The van der Waals surface area contributed by atoms with E-state index in [0.717, 1.165) is 4.90 Å². The van der Waals surface area contributed by atoms with Gasteiger partial charge < -0.3 is 5.32 Å². The lowest BCUT2D eigenvalue weighted by atomic mass is 10.1. The molecule has 0 aromatic rings. The maximum absolute atomic E-state index is 11.6. The number of amides is 3. The predicted molar refractivity (Wildman–Crippen MR) is 65.7 cm³/mol. The van der Waals surface area contributed by atoms with Gasteiger partial charge in [-0.3, -0.25) is 19.3 Å². The SMILES string of the molecule is O=C(CN1C(=O)CCC1=O)NC[C@@H]1CCS(=O)(=O)C1. The van der Waals surface area contributed by atoms with Gasteiger partial charge in [-0.2, -0.15) is 0 Å². The van der Waals surface area contributed by atoms with E-state index in [-0.39, 0.29) is 55.2 Å². The third-order valence-electron chi connectivity index (χ3n) is 3.37. The Balaban J connectivity index is 1.76. The highest BCUT2D eigenvalue weighted by Gasteiger charge is 2.31. The normalized spacial score (nSPS) is 25.9. The fraction of sp³-hybridized carbons (Fsp3) is 0.727. The fourth-order valence-corrected chi connectivity index (χ4v) is 4.15. The number of nitrogens with one attached hydrogen (secondary N) is 1. The molecule has 2 rings (SSSR count). The van der Waals surface area contributed by atoms with Crippen molar-refractivity contribution in [2.45, 2.75) is 19.3 Å². The minimum Gasteiger partial charge on any atom is -0.354 e. The molecule has 2 saturated heterocycles. The summed E-state index contributed by atoms with van der Waals surface area (Å²) in [6, 6.07) is 0. The highest BCUT2D eigenvalue weighted by molar-refractivity contribution is 7.91. The number of likely N-dealkylation sites (tertiary alicyclic amines) is 1. The lowest BCUT2D eigenvalue weighted by molar-refractivity contribution is -0.142. The highest BCUT2D eigenvalue weighted by Crippen LogP contribution is 2.17. The lowest BCUT2D eigenvalue weighted by Crippen LogP contribution is -2.41. The number of imide groups is 1. The van der Waals surface area contributed by atoms with Crippen LogP contribution in [0, 0.1) is 5.92 Å². The van der Waals surface area contributed by atoms with Crippen LogP contribution in [0.2, 0.25) is 0 Å². The molecule has 106 valence electrons. The van der Waals surface area contributed by atoms with Crippen LogP contribution in [0.15, 0.2) is 0 Å². The Morgan fingerprint density at radius 1 is 1.26 bits per heavy atom. The van der Waals surface area contributed by atoms with Crippen LogP contribution in [-0.4, -0.2) is 55.6 Å². The fourth-order valence-electron chi connectivity index (χ4n) is 2.29. The van der Waals surface area contributed by atoms with E-state index in [1.807, 2.05) is 0 Å². The number of sulfone groups is 1. The Bertz CT molecular complexity index is 497. The number of carbonyl (C=O) groups excluding carboxylic acids is 3. The first kappa shape index (κ1) is 14.0. The summed E-state index contributed by atoms with van der Waals surface area (Å²) in [6.45, 7) is 0.00538. The molecule has 0 aliphatic carbocycles. The minimum atomic E-state index is -2.95. The molecule has 2 heterocycles. The molecular formula is C11H16N2O5S. The average molecular weight is 288 g/mol. The van der Waals surface area contributed by atoms with Gasteiger partial charge >= 0.3 is 0 Å². The van der Waals surface area contributed by atoms with Crippen LogP contribution < -0.4 is 5.32 Å². The third kappa shape index (κ3) is 3.52. The molecule has 2 aliphatic rings. The largest absolute Gasteiger partial charge is 0.354 e. The van der Waals surface area contributed by atoms with Gasteiger partial charge in [0.05, 0.1) is 11.5 Å². The van der Waals surface area contributed by atoms with Gasteiger partial charge in [0.25, 0.3) is 0 Å². The number of hydrogen-bond donors (Lipinski definition) is 1. The second-order valence-corrected chi connectivity index (χ2v) is 7.18. The summed E-state index contributed by atoms with van der Waals surface area (Å²) in [7, 11) is -2.95. The van der Waals surface area contributed by atoms with E-state index in [1.165, 1.54) is 0 Å². The van der Waals surface area contributed by atoms with E-state index in [4.69, 9.17) is 0 Å². The van der Waals surface area contributed by atoms with Gasteiger partial charge in [0.15, 0.2) is 9.84 Å². The first-order chi connectivity index (χ1) is 8.87. The zero-order chi connectivity index (χ0) is 14.0. The Hall–Kier alpha value is -1.44. The van der Waals surface area contributed by atoms with E-state index in [9.17, 15) is 22.8 Å². The van der Waals surface area contributed by atoms with Crippen molar-refractivity contribution in [3.8, 4) is 0 Å². The van der Waals surface area contributed by atoms with Gasteiger partial charge in [0, 0.05) is 19.4 Å². The molecular weight excluding hydrogens is 272 g/mol. The van der Waals surface area contributed by atoms with E-state index < -0.39 is 15.7 Å². The molecule has 0 radical (unpaired) electrons. The van der Waals surface area contributed by atoms with Crippen molar-refractivity contribution in [3.63, 3.8) is 0 Å². The van der Waals surface area contributed by atoms with Crippen molar-refractivity contribution in [2.75, 3.05) is 24.6 Å². The highest BCUT2D eigenvalue weighted by atomic mass is 32.2. The van der Waals surface area contributed by atoms with Gasteiger partial charge in [0.1, 0.15) is 6.54 Å². The summed E-state index contributed by atoms with van der Waals surface area (Å²) < 4.78 is 22.5. The molecule has 7 nitrogen and oxygen atoms in total. The average Bonchev–Trinajstić information content (AvgIpc) is 2.83. The molecule has 0 aromatic heterocycles. The molecule has 8 heteroatoms. The third-order valence-corrected chi connectivity index (χ3v) is 5.21. The van der Waals surface area contributed by atoms with Crippen LogP contribution in [-0.2, 0) is 24.2 Å². The molecule has 1 N–H and O–H groups in total. The summed E-state index contributed by atoms with van der Waals surface area (Å²) in [5, 5.41) is 2.58. The summed E-state index contributed by atoms with van der Waals surface area (Å²) in [5.41, 5.74) is 0. The Morgan fingerprint density at radius 2 is 1.89 bits per heavy atom. The van der Waals surface area contributed by atoms with Gasteiger partial charge in [0.2, 0.25) is 17.7 Å². The summed E-state index contributed by atoms with van der Waals surface area (Å²) in [6.07, 6.45) is 0.865. The zero-order valence-electron chi connectivity index (χ0n) is 10.4. The number of nitrogens with zero attached hydrogens (tertiary/aromatic N) is 1. The van der Waals surface area contributed by atoms with Crippen molar-refractivity contribution < 1.29 is 22.8 Å². The topological polar surface area (TPSA) is 101 Å². The van der Waals surface area contributed by atoms with Gasteiger partial charge in [-0.05, 0) is 12.3 Å². The first-order valence-corrected chi connectivity index (χ1v) is 8.00. The van der Waals surface area contributed by atoms with Gasteiger partial charge in [-0.25, -0.2) is 8.42 Å². The van der Waals surface area contributed by atoms with Crippen LogP contribution >= 0.6 is 0 Å². The summed E-state index contributed by atoms with van der Waals surface area (Å²) >= 11 is 0. The van der Waals surface area contributed by atoms with E-state index in [2.05, 4.69) is 5.32 Å². The maximum atomic E-state index is 11.6. The van der Waals surface area contributed by atoms with Crippen molar-refractivity contribution in [3.05, 3.63) is 0 Å². The molecule has 2 aliphatic heterocycles. The van der Waals surface area contributed by atoms with Crippen LogP contribution in [0.3, 0.4) is 0 Å². The van der Waals surface area contributed by atoms with Crippen LogP contribution in [0.25, 0.3) is 0 Å². The minimum absolute atomic E-state index is 0.0704. The number of rotatable bonds is 4. The summed E-state index contributed by atoms with van der Waals surface area (Å²) in [5.74, 6) is -0.898. The van der Waals surface area contributed by atoms with Gasteiger partial charge in [-0.15, -0.1) is 0 Å². The Morgan fingerprint density at radius 3 is 2.42 bits per heavy atom. The molecule has 0 bridgehead atoms. The van der Waals surface area contributed by atoms with Crippen LogP contribution in [0.1, 0.15) is 19.3 Å². The quantitative estimate of drug-likeness (QED) is 0.647. The van der Waals surface area contributed by atoms with E-state index in [1.54, 1.807) is 0 Å². The maximum Gasteiger partial charge on any atom is 0.240 e. The molecule has 0 aromatic carbocycles. The standard InChI is InChI=1S/C11H16N2O5S/c14-9(6-13-10(15)1-2-11(13)16)12-5-8-3-4-19(17,18)7-8/h8H,1-7H2,(H,12,14)/t8-/m0/s1. The van der Waals surface area contributed by atoms with Crippen molar-refractivity contribution >= 4 is 27.6 Å². The van der Waals surface area contributed by atoms with Crippen LogP contribution in [0.4, 0.5) is 0 Å². The van der Waals surface area contributed by atoms with E-state index in [0.29, 0.717) is 6.42 Å². The second-order valence-electron chi connectivity index (χ2n) is 4.95. The van der Waals surface area contributed by atoms with E-state index >= 15 is 0 Å². The van der Waals surface area contributed by atoms with Crippen LogP contribution in [0.5, 0.6) is 0 Å². The van der Waals surface area contributed by atoms with Gasteiger partial charge in [-0.1, -0.05) is 0 Å². The lowest BCUT2D eigenvalue weighted by Gasteiger charge is -2.14. The monoisotopic (exact) mass is 288 g/mol. The molecule has 3 amide bonds. The number of carbonyl (C=O) groups is 3. The zero-order valence-corrected chi connectivity index (χ0v) is 11.2. The molecule has 0 spiro atoms. The molecule has 19 heavy (non-hydrogen) atoms. The summed E-state index contributed by atoms with van der Waals surface area (Å²) in [4.78, 5) is 35.2. The molecule has 0 saturated carbocycles. The molecule has 2 fully saturated rings.